The molecule has 72 valence electrons. The summed E-state index contributed by atoms with van der Waals surface area (Å²) in [7, 11) is 0. The Bertz CT molecular complexity index is 428. The lowest BCUT2D eigenvalue weighted by Crippen LogP contribution is -2.01. The van der Waals surface area contributed by atoms with Crippen molar-refractivity contribution in [3.8, 4) is 6.07 Å². The number of halogens is 3. The molecule has 0 saturated heterocycles. The van der Waals surface area contributed by atoms with Gasteiger partial charge in [0.1, 0.15) is 0 Å². The standard InChI is InChI=1S/C9H4BrFINO/c10-8-5(7(14)3-4-13)1-2-6(12)9(8)11/h1-2H,3H2. The number of nitriles is 1. The number of carbonyl (C=O) groups excluding carboxylic acids is 1. The summed E-state index contributed by atoms with van der Waals surface area (Å²) in [6.07, 6.45) is -0.237. The van der Waals surface area contributed by atoms with Crippen molar-refractivity contribution >= 4 is 44.3 Å². The first-order chi connectivity index (χ1) is 6.57. The van der Waals surface area contributed by atoms with E-state index in [9.17, 15) is 9.18 Å². The largest absolute Gasteiger partial charge is 0.293 e. The van der Waals surface area contributed by atoms with E-state index >= 15 is 0 Å². The van der Waals surface area contributed by atoms with Crippen molar-refractivity contribution in [1.29, 1.82) is 5.26 Å². The Kier molecular flexibility index (Phi) is 4.01. The molecule has 14 heavy (non-hydrogen) atoms. The van der Waals surface area contributed by atoms with Gasteiger partial charge in [0.15, 0.2) is 11.6 Å². The number of rotatable bonds is 2. The molecule has 2 nitrogen and oxygen atoms in total. The molecule has 0 N–H and O–H groups in total. The van der Waals surface area contributed by atoms with Gasteiger partial charge in [0.25, 0.3) is 0 Å². The highest BCUT2D eigenvalue weighted by molar-refractivity contribution is 14.1. The molecule has 1 aromatic carbocycles. The Labute approximate surface area is 102 Å². The highest BCUT2D eigenvalue weighted by atomic mass is 127. The van der Waals surface area contributed by atoms with Crippen LogP contribution in [0.5, 0.6) is 0 Å². The van der Waals surface area contributed by atoms with Gasteiger partial charge >= 0.3 is 0 Å². The van der Waals surface area contributed by atoms with Crippen molar-refractivity contribution in [2.24, 2.45) is 0 Å². The number of hydrogen-bond acceptors (Lipinski definition) is 2. The fraction of sp³-hybridized carbons (Fsp3) is 0.111. The van der Waals surface area contributed by atoms with Gasteiger partial charge in [-0.2, -0.15) is 5.26 Å². The van der Waals surface area contributed by atoms with Gasteiger partial charge in [-0.05, 0) is 50.7 Å². The monoisotopic (exact) mass is 367 g/mol. The molecule has 1 aromatic rings. The molecule has 0 radical (unpaired) electrons. The fourth-order valence-electron chi connectivity index (χ4n) is 0.908. The lowest BCUT2D eigenvalue weighted by atomic mass is 10.1. The van der Waals surface area contributed by atoms with E-state index in [1.807, 2.05) is 22.6 Å². The Morgan fingerprint density at radius 3 is 2.86 bits per heavy atom. The van der Waals surface area contributed by atoms with Crippen molar-refractivity contribution in [3.05, 3.63) is 31.6 Å². The molecular formula is C9H4BrFINO. The van der Waals surface area contributed by atoms with Crippen LogP contribution in [0.1, 0.15) is 16.8 Å². The summed E-state index contributed by atoms with van der Waals surface area (Å²) in [6, 6.07) is 4.75. The minimum atomic E-state index is -0.464. The highest BCUT2D eigenvalue weighted by Crippen LogP contribution is 2.25. The van der Waals surface area contributed by atoms with E-state index in [1.54, 1.807) is 6.07 Å². The van der Waals surface area contributed by atoms with Crippen LogP contribution >= 0.6 is 38.5 Å². The minimum Gasteiger partial charge on any atom is -0.293 e. The van der Waals surface area contributed by atoms with E-state index in [4.69, 9.17) is 5.26 Å². The summed E-state index contributed by atoms with van der Waals surface area (Å²) in [5, 5.41) is 8.33. The maximum atomic E-state index is 13.3. The zero-order valence-corrected chi connectivity index (χ0v) is 10.6. The Morgan fingerprint density at radius 1 is 1.64 bits per heavy atom. The third kappa shape index (κ3) is 2.30. The molecular weight excluding hydrogens is 364 g/mol. The number of nitrogens with zero attached hydrogens (tertiary/aromatic N) is 1. The molecule has 5 heteroatoms. The molecule has 0 spiro atoms. The third-order valence-electron chi connectivity index (χ3n) is 1.58. The number of hydrogen-bond donors (Lipinski definition) is 0. The zero-order chi connectivity index (χ0) is 10.7. The van der Waals surface area contributed by atoms with Gasteiger partial charge in [0.05, 0.1) is 17.0 Å². The maximum absolute atomic E-state index is 13.3. The molecule has 0 unspecified atom stereocenters. The van der Waals surface area contributed by atoms with Gasteiger partial charge in [-0.1, -0.05) is 0 Å². The number of Topliss-reactive ketones (excluding diaryl/α,β-unsaturated/α-hetero) is 1. The SMILES string of the molecule is N#CCC(=O)c1ccc(I)c(F)c1Br. The molecule has 0 aliphatic carbocycles. The molecule has 0 aromatic heterocycles. The van der Waals surface area contributed by atoms with Crippen LogP contribution in [-0.2, 0) is 0 Å². The van der Waals surface area contributed by atoms with Crippen molar-refractivity contribution in [2.75, 3.05) is 0 Å². The predicted octanol–water partition coefficient (Wildman–Crippen LogP) is 3.29. The lowest BCUT2D eigenvalue weighted by Gasteiger charge is -2.03. The molecule has 0 aliphatic rings. The van der Waals surface area contributed by atoms with E-state index in [0.29, 0.717) is 3.57 Å². The van der Waals surface area contributed by atoms with Gasteiger partial charge in [0.2, 0.25) is 0 Å². The van der Waals surface area contributed by atoms with Crippen LogP contribution in [0.15, 0.2) is 16.6 Å². The molecule has 0 atom stereocenters. The highest BCUT2D eigenvalue weighted by Gasteiger charge is 2.14. The number of benzene rings is 1. The quantitative estimate of drug-likeness (QED) is 0.457. The summed E-state index contributed by atoms with van der Waals surface area (Å²) < 4.78 is 13.9. The van der Waals surface area contributed by atoms with Gasteiger partial charge in [-0.15, -0.1) is 0 Å². The van der Waals surface area contributed by atoms with E-state index < -0.39 is 5.82 Å². The van der Waals surface area contributed by atoms with Crippen molar-refractivity contribution in [3.63, 3.8) is 0 Å². The maximum Gasteiger partial charge on any atom is 0.178 e. The smallest absolute Gasteiger partial charge is 0.178 e. The molecule has 0 amide bonds. The van der Waals surface area contributed by atoms with Gasteiger partial charge in [-0.25, -0.2) is 4.39 Å². The summed E-state index contributed by atoms with van der Waals surface area (Å²) in [5.74, 6) is -0.843. The first kappa shape index (κ1) is 11.6. The lowest BCUT2D eigenvalue weighted by molar-refractivity contribution is 0.0996. The van der Waals surface area contributed by atoms with Crippen LogP contribution in [0.25, 0.3) is 0 Å². The molecule has 1 rings (SSSR count). The predicted molar refractivity (Wildman–Crippen MR) is 61.4 cm³/mol. The van der Waals surface area contributed by atoms with Crippen LogP contribution < -0.4 is 0 Å². The van der Waals surface area contributed by atoms with Crippen LogP contribution in [0.4, 0.5) is 4.39 Å². The Balaban J connectivity index is 3.19. The summed E-state index contributed by atoms with van der Waals surface area (Å²) in [6.45, 7) is 0. The minimum absolute atomic E-state index is 0.129. The molecule has 0 saturated carbocycles. The number of ketones is 1. The van der Waals surface area contributed by atoms with Gasteiger partial charge < -0.3 is 0 Å². The molecule has 0 fully saturated rings. The first-order valence-electron chi connectivity index (χ1n) is 3.61. The first-order valence-corrected chi connectivity index (χ1v) is 5.48. The summed E-state index contributed by atoms with van der Waals surface area (Å²) >= 11 is 4.82. The van der Waals surface area contributed by atoms with E-state index in [2.05, 4.69) is 15.9 Å². The number of carbonyl (C=O) groups is 1. The van der Waals surface area contributed by atoms with Crippen LogP contribution in [0.2, 0.25) is 0 Å². The van der Waals surface area contributed by atoms with Crippen molar-refractivity contribution in [1.82, 2.24) is 0 Å². The van der Waals surface area contributed by atoms with Crippen LogP contribution in [0.3, 0.4) is 0 Å². The average Bonchev–Trinajstić information content (AvgIpc) is 2.15. The van der Waals surface area contributed by atoms with Crippen LogP contribution in [-0.4, -0.2) is 5.78 Å². The van der Waals surface area contributed by atoms with Crippen LogP contribution in [0, 0.1) is 20.7 Å². The summed E-state index contributed by atoms with van der Waals surface area (Å²) in [4.78, 5) is 11.3. The normalized spacial score (nSPS) is 9.57. The van der Waals surface area contributed by atoms with Gasteiger partial charge in [-0.3, -0.25) is 4.79 Å². The average molecular weight is 368 g/mol. The molecule has 0 aliphatic heterocycles. The van der Waals surface area contributed by atoms with E-state index in [0.717, 1.165) is 0 Å². The zero-order valence-electron chi connectivity index (χ0n) is 6.85. The summed E-state index contributed by atoms with van der Waals surface area (Å²) in [5.41, 5.74) is 0.212. The van der Waals surface area contributed by atoms with Gasteiger partial charge in [0, 0.05) is 9.13 Å². The Morgan fingerprint density at radius 2 is 2.29 bits per heavy atom. The van der Waals surface area contributed by atoms with E-state index in [1.165, 1.54) is 12.1 Å². The van der Waals surface area contributed by atoms with Crippen molar-refractivity contribution < 1.29 is 9.18 Å². The topological polar surface area (TPSA) is 40.9 Å². The second-order valence-corrected chi connectivity index (χ2v) is 4.44. The molecule has 0 heterocycles. The van der Waals surface area contributed by atoms with E-state index in [-0.39, 0.29) is 22.2 Å². The second-order valence-electron chi connectivity index (χ2n) is 2.48. The Hall–Kier alpha value is -0.480. The fourth-order valence-corrected chi connectivity index (χ4v) is 2.30. The third-order valence-corrected chi connectivity index (χ3v) is 3.18. The van der Waals surface area contributed by atoms with Crippen molar-refractivity contribution in [2.45, 2.75) is 6.42 Å². The second kappa shape index (κ2) is 4.84. The molecule has 0 bridgehead atoms.